The van der Waals surface area contributed by atoms with E-state index < -0.39 is 5.60 Å². The number of nitrogens with two attached hydrogens (primary N) is 1. The fraction of sp³-hybridized carbons (Fsp3) is 0.409. The third-order valence-corrected chi connectivity index (χ3v) is 6.82. The number of rotatable bonds is 5. The summed E-state index contributed by atoms with van der Waals surface area (Å²) < 4.78 is 0. The molecule has 29 heavy (non-hydrogen) atoms. The molecule has 1 saturated carbocycles. The maximum absolute atomic E-state index is 11.1. The van der Waals surface area contributed by atoms with Crippen molar-refractivity contribution in [1.82, 2.24) is 15.0 Å². The Morgan fingerprint density at radius 2 is 2.00 bits per heavy atom. The molecule has 0 amide bonds. The Labute approximate surface area is 175 Å². The van der Waals surface area contributed by atoms with Crippen LogP contribution >= 0.6 is 11.3 Å². The smallest absolute Gasteiger partial charge is 0.227 e. The Balaban J connectivity index is 1.57. The molecule has 0 radical (unpaired) electrons. The standard InChI is InChI=1S/C22H27N5OS/c1-14-9-17(11-18(10-14)27-21-24-8-5-15(2)26-21)19-13-25-20(29-19)22(28)6-3-16(12-23)4-7-22/h5,8-11,13,16,28H,3-4,6-7,12,23H2,1-2H3,(H,24,26,27)/t16-,22+. The quantitative estimate of drug-likeness (QED) is 0.581. The van der Waals surface area contributed by atoms with Gasteiger partial charge in [0.1, 0.15) is 10.6 Å². The number of aliphatic hydroxyl groups is 1. The van der Waals surface area contributed by atoms with Crippen LogP contribution in [0, 0.1) is 19.8 Å². The molecule has 0 atom stereocenters. The zero-order chi connectivity index (χ0) is 20.4. The molecule has 2 aromatic heterocycles. The van der Waals surface area contributed by atoms with E-state index in [1.807, 2.05) is 19.2 Å². The highest BCUT2D eigenvalue weighted by Crippen LogP contribution is 2.42. The second-order valence-electron chi connectivity index (χ2n) is 7.97. The second-order valence-corrected chi connectivity index (χ2v) is 9.01. The Hall–Kier alpha value is -2.35. The highest BCUT2D eigenvalue weighted by molar-refractivity contribution is 7.15. The van der Waals surface area contributed by atoms with Crippen LogP contribution in [0.15, 0.2) is 36.7 Å². The zero-order valence-electron chi connectivity index (χ0n) is 16.9. The average Bonchev–Trinajstić information content (AvgIpc) is 3.19. The number of nitrogens with one attached hydrogen (secondary N) is 1. The lowest BCUT2D eigenvalue weighted by Gasteiger charge is -2.34. The number of nitrogens with zero attached hydrogens (tertiary/aromatic N) is 3. The Morgan fingerprint density at radius 1 is 1.21 bits per heavy atom. The van der Waals surface area contributed by atoms with Crippen LogP contribution in [-0.4, -0.2) is 26.6 Å². The van der Waals surface area contributed by atoms with Gasteiger partial charge in [-0.05, 0) is 81.3 Å². The molecule has 1 aliphatic carbocycles. The Morgan fingerprint density at radius 3 is 2.72 bits per heavy atom. The minimum Gasteiger partial charge on any atom is -0.383 e. The van der Waals surface area contributed by atoms with Crippen molar-refractivity contribution >= 4 is 23.0 Å². The summed E-state index contributed by atoms with van der Waals surface area (Å²) in [7, 11) is 0. The monoisotopic (exact) mass is 409 g/mol. The summed E-state index contributed by atoms with van der Waals surface area (Å²) in [6.07, 6.45) is 6.99. The van der Waals surface area contributed by atoms with Gasteiger partial charge in [-0.2, -0.15) is 0 Å². The van der Waals surface area contributed by atoms with Crippen molar-refractivity contribution in [3.63, 3.8) is 0 Å². The normalized spacial score (nSPS) is 21.9. The van der Waals surface area contributed by atoms with E-state index in [1.165, 1.54) is 0 Å². The lowest BCUT2D eigenvalue weighted by molar-refractivity contribution is -0.0132. The third-order valence-electron chi connectivity index (χ3n) is 5.58. The van der Waals surface area contributed by atoms with E-state index in [4.69, 9.17) is 5.73 Å². The number of aryl methyl sites for hydroxylation is 2. The number of thiazole rings is 1. The van der Waals surface area contributed by atoms with Gasteiger partial charge in [0.15, 0.2) is 0 Å². The average molecular weight is 410 g/mol. The Kier molecular flexibility index (Phi) is 5.63. The maximum atomic E-state index is 11.1. The fourth-order valence-electron chi connectivity index (χ4n) is 3.86. The number of aromatic nitrogens is 3. The van der Waals surface area contributed by atoms with Crippen LogP contribution in [0.1, 0.15) is 41.9 Å². The van der Waals surface area contributed by atoms with E-state index in [2.05, 4.69) is 45.4 Å². The van der Waals surface area contributed by atoms with Crippen molar-refractivity contribution in [3.05, 3.63) is 52.9 Å². The van der Waals surface area contributed by atoms with Crippen LogP contribution in [0.3, 0.4) is 0 Å². The third kappa shape index (κ3) is 4.47. The van der Waals surface area contributed by atoms with Gasteiger partial charge in [0.2, 0.25) is 5.95 Å². The van der Waals surface area contributed by atoms with Crippen molar-refractivity contribution < 1.29 is 5.11 Å². The molecule has 0 unspecified atom stereocenters. The van der Waals surface area contributed by atoms with Crippen molar-refractivity contribution in [1.29, 1.82) is 0 Å². The molecule has 1 aromatic carbocycles. The molecular formula is C22H27N5OS. The van der Waals surface area contributed by atoms with Crippen molar-refractivity contribution in [3.8, 4) is 10.4 Å². The first-order valence-electron chi connectivity index (χ1n) is 10.0. The molecule has 0 aliphatic heterocycles. The van der Waals surface area contributed by atoms with Crippen LogP contribution in [0.2, 0.25) is 0 Å². The summed E-state index contributed by atoms with van der Waals surface area (Å²) in [5, 5.41) is 15.2. The molecule has 1 aliphatic rings. The molecule has 4 N–H and O–H groups in total. The van der Waals surface area contributed by atoms with Crippen molar-refractivity contribution in [2.45, 2.75) is 45.1 Å². The van der Waals surface area contributed by atoms with E-state index in [9.17, 15) is 5.11 Å². The van der Waals surface area contributed by atoms with Crippen LogP contribution in [-0.2, 0) is 5.60 Å². The van der Waals surface area contributed by atoms with E-state index >= 15 is 0 Å². The largest absolute Gasteiger partial charge is 0.383 e. The van der Waals surface area contributed by atoms with Crippen LogP contribution < -0.4 is 11.1 Å². The van der Waals surface area contributed by atoms with Gasteiger partial charge in [-0.25, -0.2) is 15.0 Å². The molecule has 7 heteroatoms. The first-order chi connectivity index (χ1) is 13.9. The van der Waals surface area contributed by atoms with Gasteiger partial charge in [-0.3, -0.25) is 0 Å². The molecule has 2 heterocycles. The minimum atomic E-state index is -0.825. The van der Waals surface area contributed by atoms with Gasteiger partial charge in [0, 0.05) is 23.8 Å². The van der Waals surface area contributed by atoms with Crippen LogP contribution in [0.4, 0.5) is 11.6 Å². The SMILES string of the molecule is Cc1cc(Nc2nccc(C)n2)cc(-c2cnc([C@]3(O)CC[C@@H](CN)CC3)s2)c1. The van der Waals surface area contributed by atoms with Gasteiger partial charge < -0.3 is 16.2 Å². The summed E-state index contributed by atoms with van der Waals surface area (Å²) in [5.41, 5.74) is 9.02. The molecule has 3 aromatic rings. The lowest BCUT2D eigenvalue weighted by atomic mass is 9.79. The van der Waals surface area contributed by atoms with Crippen molar-refractivity contribution in [2.75, 3.05) is 11.9 Å². The number of benzene rings is 1. The number of hydrogen-bond acceptors (Lipinski definition) is 7. The van der Waals surface area contributed by atoms with E-state index in [0.29, 0.717) is 18.4 Å². The molecular weight excluding hydrogens is 382 g/mol. The van der Waals surface area contributed by atoms with Gasteiger partial charge in [0.25, 0.3) is 0 Å². The predicted molar refractivity (Wildman–Crippen MR) is 117 cm³/mol. The van der Waals surface area contributed by atoms with Gasteiger partial charge in [-0.1, -0.05) is 6.07 Å². The van der Waals surface area contributed by atoms with E-state index in [-0.39, 0.29) is 0 Å². The summed E-state index contributed by atoms with van der Waals surface area (Å²) in [6.45, 7) is 4.71. The number of anilines is 2. The van der Waals surface area contributed by atoms with Gasteiger partial charge >= 0.3 is 0 Å². The molecule has 1 fully saturated rings. The fourth-order valence-corrected chi connectivity index (χ4v) is 4.91. The number of hydrogen-bond donors (Lipinski definition) is 3. The molecule has 0 bridgehead atoms. The topological polar surface area (TPSA) is 97.0 Å². The molecule has 4 rings (SSSR count). The zero-order valence-corrected chi connectivity index (χ0v) is 17.7. The molecule has 0 saturated heterocycles. The highest BCUT2D eigenvalue weighted by atomic mass is 32.1. The summed E-state index contributed by atoms with van der Waals surface area (Å²) >= 11 is 1.57. The Bertz CT molecular complexity index is 994. The van der Waals surface area contributed by atoms with E-state index in [0.717, 1.165) is 58.1 Å². The lowest BCUT2D eigenvalue weighted by Crippen LogP contribution is -2.33. The minimum absolute atomic E-state index is 0.518. The molecule has 152 valence electrons. The van der Waals surface area contributed by atoms with E-state index in [1.54, 1.807) is 17.5 Å². The highest BCUT2D eigenvalue weighted by Gasteiger charge is 2.37. The summed E-state index contributed by atoms with van der Waals surface area (Å²) in [4.78, 5) is 14.3. The predicted octanol–water partition coefficient (Wildman–Crippen LogP) is 4.30. The second kappa shape index (κ2) is 8.18. The first-order valence-corrected chi connectivity index (χ1v) is 10.8. The maximum Gasteiger partial charge on any atom is 0.227 e. The van der Waals surface area contributed by atoms with Gasteiger partial charge in [0.05, 0.1) is 4.88 Å². The van der Waals surface area contributed by atoms with Crippen LogP contribution in [0.5, 0.6) is 0 Å². The first kappa shape index (κ1) is 19.9. The molecule has 0 spiro atoms. The van der Waals surface area contributed by atoms with Crippen molar-refractivity contribution in [2.24, 2.45) is 11.7 Å². The van der Waals surface area contributed by atoms with Gasteiger partial charge in [-0.15, -0.1) is 11.3 Å². The summed E-state index contributed by atoms with van der Waals surface area (Å²) in [5.74, 6) is 1.10. The van der Waals surface area contributed by atoms with Crippen LogP contribution in [0.25, 0.3) is 10.4 Å². The molecule has 6 nitrogen and oxygen atoms in total. The summed E-state index contributed by atoms with van der Waals surface area (Å²) in [6, 6.07) is 8.15.